The normalized spacial score (nSPS) is 12.8. The molecule has 0 saturated carbocycles. The number of carbonyl (C=O) groups is 2. The summed E-state index contributed by atoms with van der Waals surface area (Å²) in [7, 11) is -3.61. The van der Waals surface area contributed by atoms with Crippen LogP contribution in [0.1, 0.15) is 6.92 Å². The molecule has 0 aliphatic rings. The van der Waals surface area contributed by atoms with Crippen molar-refractivity contribution in [3.8, 4) is 0 Å². The van der Waals surface area contributed by atoms with Gasteiger partial charge in [0.15, 0.2) is 9.84 Å². The highest BCUT2D eigenvalue weighted by atomic mass is 35.5. The molecule has 0 aromatic heterocycles. The average molecular weight is 320 g/mol. The monoisotopic (exact) mass is 319 g/mol. The van der Waals surface area contributed by atoms with Crippen LogP contribution in [0.25, 0.3) is 0 Å². The van der Waals surface area contributed by atoms with E-state index in [-0.39, 0.29) is 5.69 Å². The summed E-state index contributed by atoms with van der Waals surface area (Å²) in [6.45, 7) is 0.600. The van der Waals surface area contributed by atoms with Gasteiger partial charge in [0.05, 0.1) is 0 Å². The van der Waals surface area contributed by atoms with Gasteiger partial charge in [0.1, 0.15) is 11.8 Å². The Morgan fingerprint density at radius 2 is 1.80 bits per heavy atom. The van der Waals surface area contributed by atoms with Crippen LogP contribution in [0.3, 0.4) is 0 Å². The van der Waals surface area contributed by atoms with E-state index in [1.54, 1.807) is 0 Å². The molecule has 20 heavy (non-hydrogen) atoms. The summed E-state index contributed by atoms with van der Waals surface area (Å²) in [5.74, 6) is -2.04. The van der Waals surface area contributed by atoms with Crippen molar-refractivity contribution in [2.75, 3.05) is 17.7 Å². The summed E-state index contributed by atoms with van der Waals surface area (Å²) in [6, 6.07) is 5.89. The smallest absolute Gasteiger partial charge is 0.323 e. The lowest BCUT2D eigenvalue weighted by Gasteiger charge is -2.23. The topological polar surface area (TPSA) is 91.8 Å². The molecular formula is C12H14ClNO5S. The molecule has 0 aliphatic carbocycles. The van der Waals surface area contributed by atoms with Gasteiger partial charge in [-0.25, -0.2) is 8.42 Å². The zero-order valence-electron chi connectivity index (χ0n) is 10.9. The highest BCUT2D eigenvalue weighted by Crippen LogP contribution is 2.20. The highest BCUT2D eigenvalue weighted by Gasteiger charge is 2.30. The molecule has 0 spiro atoms. The van der Waals surface area contributed by atoms with Gasteiger partial charge in [0.25, 0.3) is 0 Å². The summed E-state index contributed by atoms with van der Waals surface area (Å²) in [5.41, 5.74) is 0.275. The molecule has 6 nitrogen and oxygen atoms in total. The van der Waals surface area contributed by atoms with E-state index in [1.807, 2.05) is 0 Å². The maximum atomic E-state index is 12.2. The summed E-state index contributed by atoms with van der Waals surface area (Å²) >= 11 is 5.72. The average Bonchev–Trinajstić information content (AvgIpc) is 2.34. The van der Waals surface area contributed by atoms with E-state index in [1.165, 1.54) is 31.2 Å². The van der Waals surface area contributed by atoms with Crippen LogP contribution in [-0.4, -0.2) is 43.5 Å². The zero-order valence-corrected chi connectivity index (χ0v) is 12.5. The fourth-order valence-electron chi connectivity index (χ4n) is 1.46. The fourth-order valence-corrected chi connectivity index (χ4v) is 2.07. The van der Waals surface area contributed by atoms with Gasteiger partial charge in [-0.05, 0) is 31.2 Å². The molecule has 1 aromatic rings. The Balaban J connectivity index is 3.16. The molecule has 0 bridgehead atoms. The number of aliphatic carboxylic acids is 1. The third kappa shape index (κ3) is 4.21. The molecule has 0 radical (unpaired) electrons. The second kappa shape index (κ2) is 6.23. The quantitative estimate of drug-likeness (QED) is 0.880. The second-order valence-corrected chi connectivity index (χ2v) is 7.07. The van der Waals surface area contributed by atoms with Crippen LogP contribution in [0.5, 0.6) is 0 Å². The van der Waals surface area contributed by atoms with E-state index < -0.39 is 33.5 Å². The molecule has 0 saturated heterocycles. The fraction of sp³-hybridized carbons (Fsp3) is 0.333. The van der Waals surface area contributed by atoms with E-state index in [4.69, 9.17) is 16.7 Å². The Morgan fingerprint density at radius 1 is 1.30 bits per heavy atom. The van der Waals surface area contributed by atoms with Gasteiger partial charge in [-0.15, -0.1) is 0 Å². The van der Waals surface area contributed by atoms with Crippen LogP contribution >= 0.6 is 11.6 Å². The van der Waals surface area contributed by atoms with E-state index in [0.29, 0.717) is 5.02 Å². The first-order chi connectivity index (χ1) is 9.12. The number of sulfone groups is 1. The number of nitrogens with zero attached hydrogens (tertiary/aromatic N) is 1. The van der Waals surface area contributed by atoms with Gasteiger partial charge in [0, 0.05) is 17.0 Å². The molecule has 1 rings (SSSR count). The lowest BCUT2D eigenvalue weighted by Crippen LogP contribution is -2.44. The molecule has 0 heterocycles. The number of amides is 1. The third-order valence-electron chi connectivity index (χ3n) is 2.69. The SMILES string of the molecule is CC(C(=O)N(CC(=O)O)c1ccc(Cl)cc1)S(C)(=O)=O. The van der Waals surface area contributed by atoms with Crippen LogP contribution in [-0.2, 0) is 19.4 Å². The van der Waals surface area contributed by atoms with Gasteiger partial charge < -0.3 is 10.0 Å². The van der Waals surface area contributed by atoms with Gasteiger partial charge in [-0.1, -0.05) is 11.6 Å². The Labute approximate surface area is 121 Å². The van der Waals surface area contributed by atoms with Crippen molar-refractivity contribution >= 4 is 39.0 Å². The summed E-state index contributed by atoms with van der Waals surface area (Å²) in [6.07, 6.45) is 0.927. The molecule has 1 amide bonds. The largest absolute Gasteiger partial charge is 0.480 e. The first kappa shape index (κ1) is 16.5. The molecule has 1 aromatic carbocycles. The molecule has 110 valence electrons. The predicted molar refractivity (Wildman–Crippen MR) is 75.7 cm³/mol. The van der Waals surface area contributed by atoms with Crippen LogP contribution in [0.2, 0.25) is 5.02 Å². The number of carboxylic acid groups (broad SMARTS) is 1. The van der Waals surface area contributed by atoms with Gasteiger partial charge in [-0.2, -0.15) is 0 Å². The highest BCUT2D eigenvalue weighted by molar-refractivity contribution is 7.92. The van der Waals surface area contributed by atoms with Crippen molar-refractivity contribution in [3.05, 3.63) is 29.3 Å². The summed E-state index contributed by atoms with van der Waals surface area (Å²) in [4.78, 5) is 23.9. The van der Waals surface area contributed by atoms with Crippen LogP contribution in [0.4, 0.5) is 5.69 Å². The van der Waals surface area contributed by atoms with Gasteiger partial charge in [0.2, 0.25) is 5.91 Å². The van der Waals surface area contributed by atoms with Gasteiger partial charge >= 0.3 is 5.97 Å². The molecule has 1 atom stereocenters. The minimum atomic E-state index is -3.61. The number of carboxylic acids is 1. The number of rotatable bonds is 5. The first-order valence-electron chi connectivity index (χ1n) is 5.60. The summed E-state index contributed by atoms with van der Waals surface area (Å²) in [5, 5.41) is 7.97. The van der Waals surface area contributed by atoms with Crippen molar-refractivity contribution in [2.24, 2.45) is 0 Å². The van der Waals surface area contributed by atoms with Crippen molar-refractivity contribution < 1.29 is 23.1 Å². The standard InChI is InChI=1S/C12H14ClNO5S/c1-8(20(2,18)19)12(17)14(7-11(15)16)10-5-3-9(13)4-6-10/h3-6,8H,7H2,1-2H3,(H,15,16). The zero-order chi connectivity index (χ0) is 15.5. The molecule has 8 heteroatoms. The van der Waals surface area contributed by atoms with Crippen LogP contribution in [0, 0.1) is 0 Å². The summed E-state index contributed by atoms with van der Waals surface area (Å²) < 4.78 is 22.9. The third-order valence-corrected chi connectivity index (χ3v) is 4.43. The van der Waals surface area contributed by atoms with Crippen LogP contribution < -0.4 is 4.90 Å². The number of anilines is 1. The molecule has 0 fully saturated rings. The van der Waals surface area contributed by atoms with Crippen molar-refractivity contribution in [1.29, 1.82) is 0 Å². The number of carbonyl (C=O) groups excluding carboxylic acids is 1. The second-order valence-electron chi connectivity index (χ2n) is 4.27. The molecule has 1 unspecified atom stereocenters. The molecule has 1 N–H and O–H groups in total. The Bertz CT molecular complexity index is 611. The van der Waals surface area contributed by atoms with Crippen molar-refractivity contribution in [2.45, 2.75) is 12.2 Å². The minimum Gasteiger partial charge on any atom is -0.480 e. The molecule has 0 aliphatic heterocycles. The Hall–Kier alpha value is -1.60. The predicted octanol–water partition coefficient (Wildman–Crippen LogP) is 1.19. The van der Waals surface area contributed by atoms with E-state index in [0.717, 1.165) is 11.2 Å². The Morgan fingerprint density at radius 3 is 2.20 bits per heavy atom. The van der Waals surface area contributed by atoms with E-state index in [2.05, 4.69) is 0 Å². The minimum absolute atomic E-state index is 0.275. The lowest BCUT2D eigenvalue weighted by molar-refractivity contribution is -0.136. The molecular weight excluding hydrogens is 306 g/mol. The van der Waals surface area contributed by atoms with E-state index >= 15 is 0 Å². The number of benzene rings is 1. The number of hydrogen-bond donors (Lipinski definition) is 1. The number of hydrogen-bond acceptors (Lipinski definition) is 4. The maximum Gasteiger partial charge on any atom is 0.323 e. The van der Waals surface area contributed by atoms with Gasteiger partial charge in [-0.3, -0.25) is 9.59 Å². The van der Waals surface area contributed by atoms with Crippen molar-refractivity contribution in [1.82, 2.24) is 0 Å². The number of halogens is 1. The maximum absolute atomic E-state index is 12.2. The first-order valence-corrected chi connectivity index (χ1v) is 7.94. The van der Waals surface area contributed by atoms with Crippen LogP contribution in [0.15, 0.2) is 24.3 Å². The van der Waals surface area contributed by atoms with Crippen molar-refractivity contribution in [3.63, 3.8) is 0 Å². The van der Waals surface area contributed by atoms with E-state index in [9.17, 15) is 18.0 Å². The Kier molecular flexibility index (Phi) is 5.13. The lowest BCUT2D eigenvalue weighted by atomic mass is 10.2.